The largest absolute Gasteiger partial charge is 0.306 e. The van der Waals surface area contributed by atoms with Gasteiger partial charge in [-0.05, 0) is 39.0 Å². The molecule has 0 saturated carbocycles. The van der Waals surface area contributed by atoms with E-state index in [4.69, 9.17) is 0 Å². The van der Waals surface area contributed by atoms with Gasteiger partial charge in [-0.15, -0.1) is 0 Å². The van der Waals surface area contributed by atoms with Crippen molar-refractivity contribution in [2.75, 3.05) is 5.32 Å². The second-order valence-electron chi connectivity index (χ2n) is 6.31. The van der Waals surface area contributed by atoms with E-state index in [9.17, 15) is 9.18 Å². The number of carbonyl (C=O) groups is 1. The van der Waals surface area contributed by atoms with Crippen molar-refractivity contribution >= 4 is 23.5 Å². The first-order valence-electron chi connectivity index (χ1n) is 7.12. The summed E-state index contributed by atoms with van der Waals surface area (Å²) in [5, 5.41) is 7.56. The van der Waals surface area contributed by atoms with E-state index in [1.807, 2.05) is 25.5 Å². The summed E-state index contributed by atoms with van der Waals surface area (Å²) in [6.45, 7) is 6.13. The van der Waals surface area contributed by atoms with Crippen molar-refractivity contribution < 1.29 is 9.18 Å². The first-order valence-corrected chi connectivity index (χ1v) is 8.27. The maximum absolute atomic E-state index is 13.3. The average Bonchev–Trinajstić information content (AvgIpc) is 3.00. The van der Waals surface area contributed by atoms with Gasteiger partial charge in [-0.3, -0.25) is 4.79 Å². The molecule has 1 aliphatic rings. The van der Waals surface area contributed by atoms with Crippen molar-refractivity contribution in [2.24, 2.45) is 0 Å². The number of hydrogen-bond donors (Lipinski definition) is 1. The van der Waals surface area contributed by atoms with Gasteiger partial charge in [0.25, 0.3) is 5.91 Å². The van der Waals surface area contributed by atoms with Crippen LogP contribution < -0.4 is 5.32 Å². The molecule has 22 heavy (non-hydrogen) atoms. The Kier molecular flexibility index (Phi) is 3.72. The molecular weight excluding hydrogens is 301 g/mol. The van der Waals surface area contributed by atoms with E-state index in [1.54, 1.807) is 17.8 Å². The lowest BCUT2D eigenvalue weighted by atomic mass is 10.1. The number of carbonyl (C=O) groups excluding carboxylic acids is 1. The highest BCUT2D eigenvalue weighted by Crippen LogP contribution is 2.37. The van der Waals surface area contributed by atoms with Crippen LogP contribution in [0.25, 0.3) is 0 Å². The molecule has 0 spiro atoms. The zero-order chi connectivity index (χ0) is 15.9. The van der Waals surface area contributed by atoms with Crippen LogP contribution in [0.1, 0.15) is 42.4 Å². The lowest BCUT2D eigenvalue weighted by Gasteiger charge is -2.23. The third-order valence-electron chi connectivity index (χ3n) is 3.51. The third-order valence-corrected chi connectivity index (χ3v) is 4.48. The van der Waals surface area contributed by atoms with Crippen LogP contribution >= 0.6 is 11.8 Å². The second kappa shape index (κ2) is 5.43. The number of rotatable bonds is 2. The molecule has 2 aromatic rings. The predicted molar refractivity (Wildman–Crippen MR) is 86.6 cm³/mol. The summed E-state index contributed by atoms with van der Waals surface area (Å²) in [6, 6.07) is 5.70. The Balaban J connectivity index is 1.97. The van der Waals surface area contributed by atoms with E-state index in [2.05, 4.69) is 10.4 Å². The van der Waals surface area contributed by atoms with Crippen LogP contribution in [0.3, 0.4) is 0 Å². The topological polar surface area (TPSA) is 46.9 Å². The molecule has 2 heterocycles. The summed E-state index contributed by atoms with van der Waals surface area (Å²) in [4.78, 5) is 12.4. The molecule has 1 N–H and O–H groups in total. The number of thioether (sulfide) groups is 1. The molecule has 0 atom stereocenters. The number of hydrogen-bond acceptors (Lipinski definition) is 3. The third kappa shape index (κ3) is 2.75. The Bertz CT molecular complexity index is 733. The molecule has 4 nitrogen and oxygen atoms in total. The highest BCUT2D eigenvalue weighted by atomic mass is 32.2. The molecule has 0 aliphatic carbocycles. The standard InChI is InChI=1S/C16H18FN3OS/c1-16(2,3)20-14(12-8-22-9-13(12)19-20)18-15(21)10-5-4-6-11(17)7-10/h4-7H,8-9H2,1-3H3,(H,18,21). The van der Waals surface area contributed by atoms with Gasteiger partial charge in [-0.2, -0.15) is 16.9 Å². The Morgan fingerprint density at radius 2 is 2.14 bits per heavy atom. The molecule has 0 unspecified atom stereocenters. The number of nitrogens with zero attached hydrogens (tertiary/aromatic N) is 2. The van der Waals surface area contributed by atoms with Crippen LogP contribution in [0, 0.1) is 5.82 Å². The first-order chi connectivity index (χ1) is 10.4. The minimum Gasteiger partial charge on any atom is -0.306 e. The summed E-state index contributed by atoms with van der Waals surface area (Å²) in [5.41, 5.74) is 2.17. The number of benzene rings is 1. The quantitative estimate of drug-likeness (QED) is 0.916. The molecule has 1 amide bonds. The number of halogens is 1. The normalized spacial score (nSPS) is 14.0. The smallest absolute Gasteiger partial charge is 0.256 e. The van der Waals surface area contributed by atoms with Gasteiger partial charge < -0.3 is 5.32 Å². The number of anilines is 1. The molecule has 0 fully saturated rings. The lowest BCUT2D eigenvalue weighted by Crippen LogP contribution is -2.27. The van der Waals surface area contributed by atoms with Crippen molar-refractivity contribution in [3.8, 4) is 0 Å². The monoisotopic (exact) mass is 319 g/mol. The fourth-order valence-corrected chi connectivity index (χ4v) is 3.47. The molecular formula is C16H18FN3OS. The van der Waals surface area contributed by atoms with E-state index in [0.717, 1.165) is 28.6 Å². The summed E-state index contributed by atoms with van der Waals surface area (Å²) < 4.78 is 15.1. The fraction of sp³-hybridized carbons (Fsp3) is 0.375. The Morgan fingerprint density at radius 3 is 2.82 bits per heavy atom. The van der Waals surface area contributed by atoms with Crippen molar-refractivity contribution in [1.29, 1.82) is 0 Å². The molecule has 116 valence electrons. The van der Waals surface area contributed by atoms with E-state index in [1.165, 1.54) is 18.2 Å². The van der Waals surface area contributed by atoms with Crippen LogP contribution in [0.4, 0.5) is 10.2 Å². The molecule has 1 aliphatic heterocycles. The minimum absolute atomic E-state index is 0.237. The molecule has 6 heteroatoms. The number of amides is 1. The van der Waals surface area contributed by atoms with Crippen LogP contribution in [0.15, 0.2) is 24.3 Å². The van der Waals surface area contributed by atoms with Gasteiger partial charge >= 0.3 is 0 Å². The van der Waals surface area contributed by atoms with Crippen molar-refractivity contribution in [3.63, 3.8) is 0 Å². The van der Waals surface area contributed by atoms with E-state index >= 15 is 0 Å². The first kappa shape index (κ1) is 15.1. The van der Waals surface area contributed by atoms with E-state index in [-0.39, 0.29) is 11.4 Å². The SMILES string of the molecule is CC(C)(C)n1nc2c(c1NC(=O)c1cccc(F)c1)CSC2. The average molecular weight is 319 g/mol. The lowest BCUT2D eigenvalue weighted by molar-refractivity contribution is 0.102. The molecule has 1 aromatic carbocycles. The van der Waals surface area contributed by atoms with E-state index in [0.29, 0.717) is 5.56 Å². The number of nitrogens with one attached hydrogen (secondary N) is 1. The highest BCUT2D eigenvalue weighted by Gasteiger charge is 2.28. The molecule has 3 rings (SSSR count). The summed E-state index contributed by atoms with van der Waals surface area (Å²) >= 11 is 1.78. The van der Waals surface area contributed by atoms with Crippen molar-refractivity contribution in [3.05, 3.63) is 46.9 Å². The molecule has 0 saturated heterocycles. The van der Waals surface area contributed by atoms with Crippen LogP contribution in [-0.2, 0) is 17.0 Å². The Morgan fingerprint density at radius 1 is 1.36 bits per heavy atom. The zero-order valence-electron chi connectivity index (χ0n) is 12.8. The van der Waals surface area contributed by atoms with Gasteiger partial charge in [0, 0.05) is 22.6 Å². The minimum atomic E-state index is -0.419. The molecule has 0 radical (unpaired) electrons. The second-order valence-corrected chi connectivity index (χ2v) is 7.30. The maximum Gasteiger partial charge on any atom is 0.256 e. The summed E-state index contributed by atoms with van der Waals surface area (Å²) in [7, 11) is 0. The zero-order valence-corrected chi connectivity index (χ0v) is 13.6. The number of fused-ring (bicyclic) bond motifs is 1. The summed E-state index contributed by atoms with van der Waals surface area (Å²) in [6.07, 6.45) is 0. The Hall–Kier alpha value is -1.82. The van der Waals surface area contributed by atoms with Crippen LogP contribution in [0.5, 0.6) is 0 Å². The van der Waals surface area contributed by atoms with Gasteiger partial charge in [-0.25, -0.2) is 9.07 Å². The van der Waals surface area contributed by atoms with Crippen LogP contribution in [0.2, 0.25) is 0 Å². The highest BCUT2D eigenvalue weighted by molar-refractivity contribution is 7.98. The van der Waals surface area contributed by atoms with Gasteiger partial charge in [-0.1, -0.05) is 6.07 Å². The van der Waals surface area contributed by atoms with Gasteiger partial charge in [0.05, 0.1) is 11.2 Å². The van der Waals surface area contributed by atoms with Gasteiger partial charge in [0.1, 0.15) is 11.6 Å². The maximum atomic E-state index is 13.3. The fourth-order valence-electron chi connectivity index (χ4n) is 2.44. The van der Waals surface area contributed by atoms with Crippen LogP contribution in [-0.4, -0.2) is 15.7 Å². The van der Waals surface area contributed by atoms with Gasteiger partial charge in [0.15, 0.2) is 0 Å². The predicted octanol–water partition coefficient (Wildman–Crippen LogP) is 3.78. The molecule has 0 bridgehead atoms. The number of aromatic nitrogens is 2. The van der Waals surface area contributed by atoms with Crippen molar-refractivity contribution in [2.45, 2.75) is 37.8 Å². The van der Waals surface area contributed by atoms with E-state index < -0.39 is 5.82 Å². The van der Waals surface area contributed by atoms with Crippen molar-refractivity contribution in [1.82, 2.24) is 9.78 Å². The summed E-state index contributed by atoms with van der Waals surface area (Å²) in [5.74, 6) is 1.69. The molecule has 1 aromatic heterocycles. The Labute approximate surface area is 133 Å². The van der Waals surface area contributed by atoms with Gasteiger partial charge in [0.2, 0.25) is 0 Å².